The van der Waals surface area contributed by atoms with Crippen LogP contribution in [0, 0.1) is 11.7 Å². The van der Waals surface area contributed by atoms with Gasteiger partial charge in [0.25, 0.3) is 0 Å². The van der Waals surface area contributed by atoms with Crippen LogP contribution in [0.5, 0.6) is 0 Å². The molecule has 9 heteroatoms. The SMILES string of the molecule is C[C@@H](CN1CCc2cc(F)ccc21)N(C(=O)O)[C@@H](CC1CCCC1)Cn1cnc2cc(Cl)c(Cl)cc21. The van der Waals surface area contributed by atoms with Crippen LogP contribution in [-0.2, 0) is 13.0 Å². The topological polar surface area (TPSA) is 61.6 Å². The molecule has 2 aliphatic rings. The lowest BCUT2D eigenvalue weighted by Gasteiger charge is -2.38. The summed E-state index contributed by atoms with van der Waals surface area (Å²) >= 11 is 12.5. The minimum atomic E-state index is -0.922. The van der Waals surface area contributed by atoms with E-state index < -0.39 is 6.09 Å². The van der Waals surface area contributed by atoms with Crippen LogP contribution in [0.4, 0.5) is 14.9 Å². The molecule has 1 amide bonds. The number of aromatic nitrogens is 2. The summed E-state index contributed by atoms with van der Waals surface area (Å²) in [4.78, 5) is 21.0. The number of rotatable bonds is 8. The van der Waals surface area contributed by atoms with Crippen molar-refractivity contribution < 1.29 is 14.3 Å². The van der Waals surface area contributed by atoms with E-state index in [0.717, 1.165) is 54.5 Å². The molecule has 0 saturated heterocycles. The zero-order valence-corrected chi connectivity index (χ0v) is 21.9. The Labute approximate surface area is 220 Å². The summed E-state index contributed by atoms with van der Waals surface area (Å²) in [5.74, 6) is 0.272. The third kappa shape index (κ3) is 5.14. The molecule has 192 valence electrons. The van der Waals surface area contributed by atoms with E-state index in [0.29, 0.717) is 29.1 Å². The molecule has 1 aliphatic carbocycles. The minimum absolute atomic E-state index is 0.220. The lowest BCUT2D eigenvalue weighted by atomic mass is 9.96. The summed E-state index contributed by atoms with van der Waals surface area (Å²) in [6.07, 6.45) is 7.06. The Balaban J connectivity index is 1.41. The molecule has 1 N–H and O–H groups in total. The highest BCUT2D eigenvalue weighted by atomic mass is 35.5. The molecule has 2 aromatic carbocycles. The molecule has 5 rings (SSSR count). The molecule has 0 unspecified atom stereocenters. The van der Waals surface area contributed by atoms with Gasteiger partial charge in [-0.3, -0.25) is 4.90 Å². The van der Waals surface area contributed by atoms with Gasteiger partial charge < -0.3 is 14.6 Å². The van der Waals surface area contributed by atoms with Gasteiger partial charge >= 0.3 is 6.09 Å². The van der Waals surface area contributed by atoms with E-state index >= 15 is 0 Å². The number of hydrogen-bond acceptors (Lipinski definition) is 3. The van der Waals surface area contributed by atoms with Crippen molar-refractivity contribution >= 4 is 46.0 Å². The number of imidazole rings is 1. The molecule has 0 radical (unpaired) electrons. The molecule has 1 aromatic heterocycles. The number of hydrogen-bond donors (Lipinski definition) is 1. The van der Waals surface area contributed by atoms with Crippen molar-refractivity contribution in [1.82, 2.24) is 14.5 Å². The van der Waals surface area contributed by atoms with Gasteiger partial charge in [0, 0.05) is 25.3 Å². The average Bonchev–Trinajstić information content (AvgIpc) is 3.56. The second kappa shape index (κ2) is 10.5. The van der Waals surface area contributed by atoms with Gasteiger partial charge in [0.05, 0.1) is 39.5 Å². The molecule has 2 atom stereocenters. The van der Waals surface area contributed by atoms with Crippen LogP contribution in [0.2, 0.25) is 10.0 Å². The lowest BCUT2D eigenvalue weighted by molar-refractivity contribution is 0.0885. The minimum Gasteiger partial charge on any atom is -0.465 e. The first-order chi connectivity index (χ1) is 17.3. The number of halogens is 3. The maximum Gasteiger partial charge on any atom is 0.407 e. The highest BCUT2D eigenvalue weighted by molar-refractivity contribution is 6.42. The predicted molar refractivity (Wildman–Crippen MR) is 142 cm³/mol. The zero-order valence-electron chi connectivity index (χ0n) is 20.3. The van der Waals surface area contributed by atoms with E-state index in [1.807, 2.05) is 11.5 Å². The molecular weight excluding hydrogens is 502 g/mol. The van der Waals surface area contributed by atoms with Gasteiger partial charge in [-0.15, -0.1) is 0 Å². The summed E-state index contributed by atoms with van der Waals surface area (Å²) < 4.78 is 15.7. The van der Waals surface area contributed by atoms with Gasteiger partial charge in [0.2, 0.25) is 0 Å². The number of carbonyl (C=O) groups is 1. The van der Waals surface area contributed by atoms with Crippen LogP contribution in [0.15, 0.2) is 36.7 Å². The van der Waals surface area contributed by atoms with Crippen molar-refractivity contribution in [3.63, 3.8) is 0 Å². The van der Waals surface area contributed by atoms with Crippen molar-refractivity contribution in [3.05, 3.63) is 58.1 Å². The molecule has 0 bridgehead atoms. The third-order valence-corrected chi connectivity index (χ3v) is 8.48. The van der Waals surface area contributed by atoms with Crippen molar-refractivity contribution in [2.75, 3.05) is 18.0 Å². The number of carboxylic acid groups (broad SMARTS) is 1. The van der Waals surface area contributed by atoms with Gasteiger partial charge in [-0.1, -0.05) is 48.9 Å². The maximum atomic E-state index is 13.7. The van der Waals surface area contributed by atoms with E-state index in [1.165, 1.54) is 18.9 Å². The average molecular weight is 533 g/mol. The third-order valence-electron chi connectivity index (χ3n) is 7.76. The van der Waals surface area contributed by atoms with Gasteiger partial charge in [0.15, 0.2) is 0 Å². The predicted octanol–water partition coefficient (Wildman–Crippen LogP) is 6.86. The van der Waals surface area contributed by atoms with E-state index in [4.69, 9.17) is 23.2 Å². The van der Waals surface area contributed by atoms with Crippen molar-refractivity contribution in [3.8, 4) is 0 Å². The molecule has 3 aromatic rings. The highest BCUT2D eigenvalue weighted by Gasteiger charge is 2.33. The number of fused-ring (bicyclic) bond motifs is 2. The summed E-state index contributed by atoms with van der Waals surface area (Å²) in [5, 5.41) is 11.3. The van der Waals surface area contributed by atoms with Crippen LogP contribution in [-0.4, -0.2) is 50.8 Å². The number of nitrogens with zero attached hydrogens (tertiary/aromatic N) is 4. The summed E-state index contributed by atoms with van der Waals surface area (Å²) in [5.41, 5.74) is 3.55. The Bertz CT molecular complexity index is 1260. The first-order valence-corrected chi connectivity index (χ1v) is 13.4. The van der Waals surface area contributed by atoms with E-state index in [1.54, 1.807) is 35.5 Å². The van der Waals surface area contributed by atoms with Crippen LogP contribution in [0.3, 0.4) is 0 Å². The van der Waals surface area contributed by atoms with Gasteiger partial charge in [0.1, 0.15) is 5.82 Å². The number of amides is 1. The Morgan fingerprint density at radius 3 is 2.69 bits per heavy atom. The van der Waals surface area contributed by atoms with Crippen LogP contribution in [0.1, 0.15) is 44.6 Å². The molecule has 2 heterocycles. The molecule has 0 spiro atoms. The standard InChI is InChI=1S/C27H31Cl2FN4O2/c1-17(14-32-9-8-19-11-20(30)6-7-25(19)32)34(27(35)36)21(10-18-4-2-3-5-18)15-33-16-31-24-12-22(28)23(29)13-26(24)33/h6-7,11-13,16-18,21H,2-5,8-10,14-15H2,1H3,(H,35,36)/t17-,21-/m0/s1. The Morgan fingerprint density at radius 2 is 1.94 bits per heavy atom. The number of benzene rings is 2. The van der Waals surface area contributed by atoms with Crippen LogP contribution >= 0.6 is 23.2 Å². The van der Waals surface area contributed by atoms with Gasteiger partial charge in [-0.05, 0) is 61.6 Å². The van der Waals surface area contributed by atoms with Gasteiger partial charge in [-0.25, -0.2) is 14.2 Å². The molecular formula is C27H31Cl2FN4O2. The first kappa shape index (κ1) is 25.2. The smallest absolute Gasteiger partial charge is 0.407 e. The van der Waals surface area contributed by atoms with E-state index in [-0.39, 0.29) is 17.9 Å². The molecule has 36 heavy (non-hydrogen) atoms. The van der Waals surface area contributed by atoms with Crippen molar-refractivity contribution in [2.24, 2.45) is 5.92 Å². The summed E-state index contributed by atoms with van der Waals surface area (Å²) in [6.45, 7) is 3.77. The van der Waals surface area contributed by atoms with E-state index in [2.05, 4.69) is 9.88 Å². The highest BCUT2D eigenvalue weighted by Crippen LogP contribution is 2.34. The van der Waals surface area contributed by atoms with Gasteiger partial charge in [-0.2, -0.15) is 0 Å². The second-order valence-corrected chi connectivity index (χ2v) is 11.0. The Morgan fingerprint density at radius 1 is 1.19 bits per heavy atom. The summed E-state index contributed by atoms with van der Waals surface area (Å²) in [7, 11) is 0. The van der Waals surface area contributed by atoms with Crippen LogP contribution < -0.4 is 4.90 Å². The Kier molecular flexibility index (Phi) is 7.31. The van der Waals surface area contributed by atoms with Crippen molar-refractivity contribution in [1.29, 1.82) is 0 Å². The van der Waals surface area contributed by atoms with E-state index in [9.17, 15) is 14.3 Å². The fourth-order valence-corrected chi connectivity index (χ4v) is 6.39. The molecule has 1 fully saturated rings. The zero-order chi connectivity index (χ0) is 25.4. The fourth-order valence-electron chi connectivity index (χ4n) is 6.07. The Hall–Kier alpha value is -2.51. The first-order valence-electron chi connectivity index (χ1n) is 12.6. The number of anilines is 1. The lowest BCUT2D eigenvalue weighted by Crippen LogP contribution is -2.51. The monoisotopic (exact) mass is 532 g/mol. The maximum absolute atomic E-state index is 13.7. The quantitative estimate of drug-likeness (QED) is 0.344. The van der Waals surface area contributed by atoms with Crippen molar-refractivity contribution in [2.45, 2.75) is 64.1 Å². The molecule has 6 nitrogen and oxygen atoms in total. The normalized spacial score (nSPS) is 17.5. The largest absolute Gasteiger partial charge is 0.465 e. The molecule has 1 saturated carbocycles. The molecule has 1 aliphatic heterocycles. The second-order valence-electron chi connectivity index (χ2n) is 10.2. The van der Waals surface area contributed by atoms with Crippen LogP contribution in [0.25, 0.3) is 11.0 Å². The summed E-state index contributed by atoms with van der Waals surface area (Å²) in [6, 6.07) is 7.93. The fraction of sp³-hybridized carbons (Fsp3) is 0.481.